The highest BCUT2D eigenvalue weighted by Gasteiger charge is 2.13. The van der Waals surface area contributed by atoms with E-state index in [1.807, 2.05) is 39.3 Å². The Morgan fingerprint density at radius 3 is 2.58 bits per heavy atom. The molecular formula is C14H21N5. The third kappa shape index (κ3) is 2.50. The van der Waals surface area contributed by atoms with Crippen LogP contribution in [0, 0.1) is 0 Å². The molecule has 2 aromatic rings. The Morgan fingerprint density at radius 1 is 1.32 bits per heavy atom. The van der Waals surface area contributed by atoms with Gasteiger partial charge in [-0.05, 0) is 18.6 Å². The van der Waals surface area contributed by atoms with Crippen molar-refractivity contribution in [3.63, 3.8) is 0 Å². The first-order valence-electron chi connectivity index (χ1n) is 6.39. The minimum atomic E-state index is 0.721. The number of hydrogen-bond acceptors (Lipinski definition) is 4. The molecule has 5 nitrogen and oxygen atoms in total. The quantitative estimate of drug-likeness (QED) is 0.885. The SMILES string of the molecule is CCc1nn(C)c(Nc2ccccc2N(C)C)c1N. The van der Waals surface area contributed by atoms with Gasteiger partial charge in [-0.25, -0.2) is 0 Å². The van der Waals surface area contributed by atoms with Crippen LogP contribution in [0.15, 0.2) is 24.3 Å². The van der Waals surface area contributed by atoms with E-state index in [1.54, 1.807) is 4.68 Å². The second-order valence-corrected chi connectivity index (χ2v) is 4.72. The summed E-state index contributed by atoms with van der Waals surface area (Å²) in [5.41, 5.74) is 9.90. The maximum Gasteiger partial charge on any atom is 0.152 e. The summed E-state index contributed by atoms with van der Waals surface area (Å²) >= 11 is 0. The van der Waals surface area contributed by atoms with Gasteiger partial charge in [-0.15, -0.1) is 0 Å². The minimum absolute atomic E-state index is 0.721. The molecule has 19 heavy (non-hydrogen) atoms. The van der Waals surface area contributed by atoms with Crippen molar-refractivity contribution in [3.8, 4) is 0 Å². The Labute approximate surface area is 114 Å². The van der Waals surface area contributed by atoms with E-state index >= 15 is 0 Å². The van der Waals surface area contributed by atoms with Crippen LogP contribution in [0.1, 0.15) is 12.6 Å². The van der Waals surface area contributed by atoms with Gasteiger partial charge in [0.25, 0.3) is 0 Å². The first-order valence-corrected chi connectivity index (χ1v) is 6.39. The summed E-state index contributed by atoms with van der Waals surface area (Å²) in [5, 5.41) is 7.79. The molecule has 0 amide bonds. The molecule has 0 fully saturated rings. The fourth-order valence-electron chi connectivity index (χ4n) is 2.10. The Kier molecular flexibility index (Phi) is 3.64. The van der Waals surface area contributed by atoms with Gasteiger partial charge in [0.15, 0.2) is 5.82 Å². The molecule has 102 valence electrons. The van der Waals surface area contributed by atoms with E-state index in [9.17, 15) is 0 Å². The van der Waals surface area contributed by atoms with Crippen LogP contribution in [-0.4, -0.2) is 23.9 Å². The van der Waals surface area contributed by atoms with Crippen molar-refractivity contribution in [1.82, 2.24) is 9.78 Å². The molecule has 0 aliphatic heterocycles. The number of nitrogens with zero attached hydrogens (tertiary/aromatic N) is 3. The molecule has 0 aliphatic rings. The van der Waals surface area contributed by atoms with Crippen LogP contribution in [0.4, 0.5) is 22.9 Å². The zero-order valence-electron chi connectivity index (χ0n) is 11.9. The number of aryl methyl sites for hydroxylation is 2. The highest BCUT2D eigenvalue weighted by molar-refractivity contribution is 5.79. The van der Waals surface area contributed by atoms with Gasteiger partial charge in [-0.1, -0.05) is 19.1 Å². The summed E-state index contributed by atoms with van der Waals surface area (Å²) < 4.78 is 1.79. The van der Waals surface area contributed by atoms with Crippen LogP contribution in [-0.2, 0) is 13.5 Å². The van der Waals surface area contributed by atoms with E-state index in [4.69, 9.17) is 5.73 Å². The van der Waals surface area contributed by atoms with E-state index < -0.39 is 0 Å². The van der Waals surface area contributed by atoms with Gasteiger partial charge in [0.1, 0.15) is 0 Å². The highest BCUT2D eigenvalue weighted by Crippen LogP contribution is 2.31. The molecule has 5 heteroatoms. The maximum absolute atomic E-state index is 6.13. The second-order valence-electron chi connectivity index (χ2n) is 4.72. The van der Waals surface area contributed by atoms with Crippen molar-refractivity contribution < 1.29 is 0 Å². The largest absolute Gasteiger partial charge is 0.394 e. The topological polar surface area (TPSA) is 59.1 Å². The van der Waals surface area contributed by atoms with Crippen molar-refractivity contribution >= 4 is 22.9 Å². The first-order chi connectivity index (χ1) is 9.04. The standard InChI is InChI=1S/C14H21N5/c1-5-10-13(15)14(19(4)17-10)16-11-8-6-7-9-12(11)18(2)3/h6-9,16H,5,15H2,1-4H3. The number of para-hydroxylation sites is 2. The number of nitrogens with two attached hydrogens (primary N) is 1. The molecular weight excluding hydrogens is 238 g/mol. The summed E-state index contributed by atoms with van der Waals surface area (Å²) in [6.45, 7) is 2.05. The molecule has 1 heterocycles. The number of aromatic nitrogens is 2. The smallest absolute Gasteiger partial charge is 0.152 e. The molecule has 0 saturated carbocycles. The van der Waals surface area contributed by atoms with E-state index in [0.29, 0.717) is 0 Å². The van der Waals surface area contributed by atoms with Crippen LogP contribution in [0.25, 0.3) is 0 Å². The van der Waals surface area contributed by atoms with Crippen molar-refractivity contribution in [2.24, 2.45) is 7.05 Å². The summed E-state index contributed by atoms with van der Waals surface area (Å²) in [7, 11) is 5.94. The molecule has 0 atom stereocenters. The van der Waals surface area contributed by atoms with Crippen molar-refractivity contribution in [1.29, 1.82) is 0 Å². The van der Waals surface area contributed by atoms with Crippen LogP contribution in [0.2, 0.25) is 0 Å². The highest BCUT2D eigenvalue weighted by atomic mass is 15.3. The average Bonchev–Trinajstić information content (AvgIpc) is 2.66. The summed E-state index contributed by atoms with van der Waals surface area (Å²) in [6, 6.07) is 8.12. The Balaban J connectivity index is 2.39. The monoisotopic (exact) mass is 259 g/mol. The predicted molar refractivity (Wildman–Crippen MR) is 81.1 cm³/mol. The van der Waals surface area contributed by atoms with E-state index in [1.165, 1.54) is 0 Å². The van der Waals surface area contributed by atoms with Crippen LogP contribution in [0.3, 0.4) is 0 Å². The van der Waals surface area contributed by atoms with Gasteiger partial charge in [-0.2, -0.15) is 5.10 Å². The molecule has 0 saturated heterocycles. The number of nitrogens with one attached hydrogen (secondary N) is 1. The summed E-state index contributed by atoms with van der Waals surface area (Å²) in [5.74, 6) is 0.839. The van der Waals surface area contributed by atoms with E-state index in [0.717, 1.165) is 35.0 Å². The fraction of sp³-hybridized carbons (Fsp3) is 0.357. The molecule has 0 radical (unpaired) electrons. The van der Waals surface area contributed by atoms with Gasteiger partial charge in [0, 0.05) is 21.1 Å². The third-order valence-electron chi connectivity index (χ3n) is 3.13. The number of anilines is 4. The lowest BCUT2D eigenvalue weighted by molar-refractivity contribution is 0.753. The zero-order valence-corrected chi connectivity index (χ0v) is 11.9. The molecule has 0 bridgehead atoms. The normalized spacial score (nSPS) is 10.5. The van der Waals surface area contributed by atoms with Crippen LogP contribution >= 0.6 is 0 Å². The Hall–Kier alpha value is -2.17. The fourth-order valence-corrected chi connectivity index (χ4v) is 2.10. The molecule has 1 aromatic heterocycles. The van der Waals surface area contributed by atoms with Gasteiger partial charge in [0.2, 0.25) is 0 Å². The molecule has 0 spiro atoms. The Bertz CT molecular complexity index is 571. The molecule has 2 rings (SSSR count). The lowest BCUT2D eigenvalue weighted by atomic mass is 10.2. The molecule has 0 aliphatic carbocycles. The predicted octanol–water partition coefficient (Wildman–Crippen LogP) is 2.37. The van der Waals surface area contributed by atoms with E-state index in [2.05, 4.69) is 28.3 Å². The van der Waals surface area contributed by atoms with Crippen molar-refractivity contribution in [3.05, 3.63) is 30.0 Å². The zero-order chi connectivity index (χ0) is 14.0. The number of hydrogen-bond donors (Lipinski definition) is 2. The van der Waals surface area contributed by atoms with Crippen molar-refractivity contribution in [2.75, 3.05) is 30.0 Å². The lowest BCUT2D eigenvalue weighted by Gasteiger charge is -2.18. The molecule has 0 unspecified atom stereocenters. The number of benzene rings is 1. The maximum atomic E-state index is 6.13. The van der Waals surface area contributed by atoms with Gasteiger partial charge < -0.3 is 16.0 Å². The van der Waals surface area contributed by atoms with Crippen molar-refractivity contribution in [2.45, 2.75) is 13.3 Å². The van der Waals surface area contributed by atoms with Gasteiger partial charge >= 0.3 is 0 Å². The third-order valence-corrected chi connectivity index (χ3v) is 3.13. The van der Waals surface area contributed by atoms with Crippen LogP contribution < -0.4 is 16.0 Å². The first kappa shape index (κ1) is 13.3. The van der Waals surface area contributed by atoms with Gasteiger partial charge in [-0.3, -0.25) is 4.68 Å². The van der Waals surface area contributed by atoms with Crippen LogP contribution in [0.5, 0.6) is 0 Å². The van der Waals surface area contributed by atoms with E-state index in [-0.39, 0.29) is 0 Å². The number of rotatable bonds is 4. The molecule has 3 N–H and O–H groups in total. The Morgan fingerprint density at radius 2 is 2.00 bits per heavy atom. The van der Waals surface area contributed by atoms with Gasteiger partial charge in [0.05, 0.1) is 22.8 Å². The second kappa shape index (κ2) is 5.22. The summed E-state index contributed by atoms with van der Waals surface area (Å²) in [6.07, 6.45) is 0.830. The minimum Gasteiger partial charge on any atom is -0.394 e. The molecule has 1 aromatic carbocycles. The average molecular weight is 259 g/mol. The number of nitrogen functional groups attached to an aromatic ring is 1. The lowest BCUT2D eigenvalue weighted by Crippen LogP contribution is -2.11. The summed E-state index contributed by atoms with van der Waals surface area (Å²) in [4.78, 5) is 2.07.